The van der Waals surface area contributed by atoms with E-state index >= 15 is 0 Å². The van der Waals surface area contributed by atoms with Crippen molar-refractivity contribution in [2.45, 2.75) is 6.42 Å². The summed E-state index contributed by atoms with van der Waals surface area (Å²) in [6, 6.07) is 5.49. The third-order valence-corrected chi connectivity index (χ3v) is 2.29. The van der Waals surface area contributed by atoms with Crippen LogP contribution in [0.15, 0.2) is 30.6 Å². The first-order chi connectivity index (χ1) is 6.74. The van der Waals surface area contributed by atoms with Gasteiger partial charge in [-0.3, -0.25) is 0 Å². The number of H-pyrrole nitrogens is 1. The molecule has 4 heteroatoms. The maximum Gasteiger partial charge on any atom is 0.110 e. The van der Waals surface area contributed by atoms with E-state index in [0.29, 0.717) is 16.5 Å². The minimum Gasteiger partial charge on any atom is -0.348 e. The fourth-order valence-corrected chi connectivity index (χ4v) is 1.87. The van der Waals surface area contributed by atoms with E-state index in [0.717, 1.165) is 11.4 Å². The Labute approximate surface area is 91.9 Å². The highest BCUT2D eigenvalue weighted by Gasteiger charge is 2.01. The number of halogens is 2. The topological polar surface area (TPSA) is 28.7 Å². The summed E-state index contributed by atoms with van der Waals surface area (Å²) in [4.78, 5) is 7.16. The molecule has 0 unspecified atom stereocenters. The number of nitrogens with one attached hydrogen (secondary N) is 1. The van der Waals surface area contributed by atoms with Gasteiger partial charge in [-0.1, -0.05) is 23.2 Å². The molecule has 2 nitrogen and oxygen atoms in total. The van der Waals surface area contributed by atoms with Gasteiger partial charge < -0.3 is 4.98 Å². The summed E-state index contributed by atoms with van der Waals surface area (Å²) in [5.41, 5.74) is 1.05. The van der Waals surface area contributed by atoms with E-state index in [9.17, 15) is 0 Å². The number of hydrogen-bond donors (Lipinski definition) is 1. The summed E-state index contributed by atoms with van der Waals surface area (Å²) in [6.45, 7) is 0. The maximum absolute atomic E-state index is 5.88. The zero-order valence-corrected chi connectivity index (χ0v) is 8.81. The Balaban J connectivity index is 2.25. The van der Waals surface area contributed by atoms with Crippen molar-refractivity contribution in [1.82, 2.24) is 9.97 Å². The van der Waals surface area contributed by atoms with Crippen molar-refractivity contribution < 1.29 is 0 Å². The van der Waals surface area contributed by atoms with Crippen LogP contribution in [0.4, 0.5) is 0 Å². The van der Waals surface area contributed by atoms with Crippen LogP contribution in [0.25, 0.3) is 0 Å². The molecule has 0 radical (unpaired) electrons. The van der Waals surface area contributed by atoms with Crippen LogP contribution in [0.1, 0.15) is 11.4 Å². The standard InChI is InChI=1S/C10H8Cl2N2/c11-8-3-7(4-9(12)6-8)5-10-13-1-2-14-10/h1-4,6H,5H2,(H,13,14). The zero-order chi connectivity index (χ0) is 9.97. The lowest BCUT2D eigenvalue weighted by atomic mass is 10.1. The van der Waals surface area contributed by atoms with Gasteiger partial charge in [0.15, 0.2) is 0 Å². The van der Waals surface area contributed by atoms with E-state index in [-0.39, 0.29) is 0 Å². The molecule has 1 heterocycles. The van der Waals surface area contributed by atoms with Crippen LogP contribution in [0, 0.1) is 0 Å². The second-order valence-electron chi connectivity index (χ2n) is 2.99. The highest BCUT2D eigenvalue weighted by Crippen LogP contribution is 2.20. The van der Waals surface area contributed by atoms with Crippen molar-refractivity contribution in [1.29, 1.82) is 0 Å². The van der Waals surface area contributed by atoms with Crippen molar-refractivity contribution >= 4 is 23.2 Å². The molecule has 0 aliphatic heterocycles. The Bertz CT molecular complexity index is 403. The molecule has 0 aliphatic carbocycles. The van der Waals surface area contributed by atoms with Crippen molar-refractivity contribution in [3.05, 3.63) is 52.0 Å². The van der Waals surface area contributed by atoms with Crippen LogP contribution in [-0.2, 0) is 6.42 Å². The molecule has 14 heavy (non-hydrogen) atoms. The van der Waals surface area contributed by atoms with Crippen LogP contribution >= 0.6 is 23.2 Å². The van der Waals surface area contributed by atoms with Gasteiger partial charge in [-0.25, -0.2) is 4.98 Å². The molecule has 72 valence electrons. The molecule has 0 aliphatic rings. The monoisotopic (exact) mass is 226 g/mol. The summed E-state index contributed by atoms with van der Waals surface area (Å²) in [6.07, 6.45) is 4.23. The van der Waals surface area contributed by atoms with Gasteiger partial charge in [-0.2, -0.15) is 0 Å². The molecule has 1 aromatic carbocycles. The fraction of sp³-hybridized carbons (Fsp3) is 0.100. The molecule has 0 bridgehead atoms. The number of hydrogen-bond acceptors (Lipinski definition) is 1. The molecule has 0 saturated heterocycles. The van der Waals surface area contributed by atoms with Gasteiger partial charge >= 0.3 is 0 Å². The lowest BCUT2D eigenvalue weighted by molar-refractivity contribution is 1.03. The van der Waals surface area contributed by atoms with Gasteiger partial charge in [-0.15, -0.1) is 0 Å². The SMILES string of the molecule is Clc1cc(Cl)cc(Cc2ncc[nH]2)c1. The van der Waals surface area contributed by atoms with Crippen LogP contribution in [0.2, 0.25) is 10.0 Å². The van der Waals surface area contributed by atoms with Gasteiger partial charge in [0.1, 0.15) is 5.82 Å². The summed E-state index contributed by atoms with van der Waals surface area (Å²) in [5.74, 6) is 0.906. The number of aromatic amines is 1. The van der Waals surface area contributed by atoms with E-state index in [2.05, 4.69) is 9.97 Å². The first kappa shape index (κ1) is 9.56. The van der Waals surface area contributed by atoms with Crippen molar-refractivity contribution in [3.8, 4) is 0 Å². The first-order valence-electron chi connectivity index (χ1n) is 4.17. The predicted molar refractivity (Wildman–Crippen MR) is 57.9 cm³/mol. The van der Waals surface area contributed by atoms with E-state index < -0.39 is 0 Å². The highest BCUT2D eigenvalue weighted by atomic mass is 35.5. The van der Waals surface area contributed by atoms with Gasteiger partial charge in [0.2, 0.25) is 0 Å². The quantitative estimate of drug-likeness (QED) is 0.837. The Morgan fingerprint density at radius 2 is 1.86 bits per heavy atom. The van der Waals surface area contributed by atoms with Crippen molar-refractivity contribution in [2.75, 3.05) is 0 Å². The summed E-state index contributed by atoms with van der Waals surface area (Å²) in [5, 5.41) is 1.30. The van der Waals surface area contributed by atoms with Crippen molar-refractivity contribution in [2.24, 2.45) is 0 Å². The van der Waals surface area contributed by atoms with E-state index in [4.69, 9.17) is 23.2 Å². The summed E-state index contributed by atoms with van der Waals surface area (Å²) >= 11 is 11.8. The second-order valence-corrected chi connectivity index (χ2v) is 3.86. The first-order valence-corrected chi connectivity index (χ1v) is 4.93. The van der Waals surface area contributed by atoms with Gasteiger partial charge in [-0.05, 0) is 23.8 Å². The van der Waals surface area contributed by atoms with Crippen LogP contribution < -0.4 is 0 Å². The average molecular weight is 227 g/mol. The van der Waals surface area contributed by atoms with Gasteiger partial charge in [0.25, 0.3) is 0 Å². The summed E-state index contributed by atoms with van der Waals surface area (Å²) in [7, 11) is 0. The fourth-order valence-electron chi connectivity index (χ4n) is 1.30. The number of rotatable bonds is 2. The normalized spacial score (nSPS) is 10.4. The smallest absolute Gasteiger partial charge is 0.110 e. The minimum atomic E-state index is 0.652. The van der Waals surface area contributed by atoms with Gasteiger partial charge in [0.05, 0.1) is 0 Å². The third-order valence-electron chi connectivity index (χ3n) is 1.85. The lowest BCUT2D eigenvalue weighted by Gasteiger charge is -2.00. The van der Waals surface area contributed by atoms with Crippen LogP contribution in [0.3, 0.4) is 0 Å². The Kier molecular flexibility index (Phi) is 2.75. The van der Waals surface area contributed by atoms with E-state index in [1.807, 2.05) is 12.1 Å². The molecule has 0 atom stereocenters. The molecular weight excluding hydrogens is 219 g/mol. The highest BCUT2D eigenvalue weighted by molar-refractivity contribution is 6.34. The summed E-state index contributed by atoms with van der Waals surface area (Å²) < 4.78 is 0. The van der Waals surface area contributed by atoms with Gasteiger partial charge in [0, 0.05) is 28.9 Å². The molecule has 0 spiro atoms. The number of nitrogens with zero attached hydrogens (tertiary/aromatic N) is 1. The number of imidazole rings is 1. The molecule has 2 aromatic rings. The predicted octanol–water partition coefficient (Wildman–Crippen LogP) is 3.31. The molecule has 1 aromatic heterocycles. The van der Waals surface area contributed by atoms with E-state index in [1.54, 1.807) is 18.5 Å². The van der Waals surface area contributed by atoms with Crippen molar-refractivity contribution in [3.63, 3.8) is 0 Å². The molecule has 0 saturated carbocycles. The molecule has 0 fully saturated rings. The minimum absolute atomic E-state index is 0.652. The van der Waals surface area contributed by atoms with Crippen LogP contribution in [0.5, 0.6) is 0 Å². The van der Waals surface area contributed by atoms with Crippen LogP contribution in [-0.4, -0.2) is 9.97 Å². The number of aromatic nitrogens is 2. The molecular formula is C10H8Cl2N2. The largest absolute Gasteiger partial charge is 0.348 e. The second kappa shape index (κ2) is 4.03. The maximum atomic E-state index is 5.88. The average Bonchev–Trinajstić information content (AvgIpc) is 2.54. The Morgan fingerprint density at radius 3 is 2.43 bits per heavy atom. The number of benzene rings is 1. The third kappa shape index (κ3) is 2.28. The Hall–Kier alpha value is -0.990. The molecule has 2 rings (SSSR count). The lowest BCUT2D eigenvalue weighted by Crippen LogP contribution is -1.90. The molecule has 1 N–H and O–H groups in total. The van der Waals surface area contributed by atoms with E-state index in [1.165, 1.54) is 0 Å². The zero-order valence-electron chi connectivity index (χ0n) is 7.30. The molecule has 0 amide bonds. The Morgan fingerprint density at radius 1 is 1.14 bits per heavy atom.